The van der Waals surface area contributed by atoms with Crippen LogP contribution in [0.3, 0.4) is 0 Å². The number of piperazine rings is 1. The van der Waals surface area contributed by atoms with Crippen molar-refractivity contribution in [3.63, 3.8) is 0 Å². The Morgan fingerprint density at radius 3 is 2.60 bits per heavy atom. The van der Waals surface area contributed by atoms with E-state index >= 15 is 0 Å². The van der Waals surface area contributed by atoms with Gasteiger partial charge in [0.1, 0.15) is 11.6 Å². The van der Waals surface area contributed by atoms with E-state index < -0.39 is 0 Å². The molecular weight excluding hydrogens is 321 g/mol. The highest BCUT2D eigenvalue weighted by Gasteiger charge is 2.20. The lowest BCUT2D eigenvalue weighted by Crippen LogP contribution is -2.48. The van der Waals surface area contributed by atoms with Crippen LogP contribution >= 0.6 is 0 Å². The molecule has 2 aromatic rings. The minimum Gasteiger partial charge on any atom is -0.353 e. The molecule has 7 heteroatoms. The van der Waals surface area contributed by atoms with Crippen molar-refractivity contribution >= 4 is 17.7 Å². The number of hydrogen-bond donors (Lipinski definition) is 1. The second-order valence-electron chi connectivity index (χ2n) is 6.13. The summed E-state index contributed by atoms with van der Waals surface area (Å²) < 4.78 is 13.7. The summed E-state index contributed by atoms with van der Waals surface area (Å²) in [4.78, 5) is 24.3. The lowest BCUT2D eigenvalue weighted by molar-refractivity contribution is -0.129. The average Bonchev–Trinajstić information content (AvgIpc) is 2.60. The number of carbonyl (C=O) groups is 1. The minimum atomic E-state index is -0.247. The monoisotopic (exact) mass is 343 g/mol. The van der Waals surface area contributed by atoms with E-state index in [4.69, 9.17) is 0 Å². The molecule has 132 valence electrons. The van der Waals surface area contributed by atoms with Crippen LogP contribution in [0.15, 0.2) is 30.3 Å². The first-order chi connectivity index (χ1) is 12.0. The van der Waals surface area contributed by atoms with Gasteiger partial charge in [0.2, 0.25) is 11.9 Å². The van der Waals surface area contributed by atoms with Gasteiger partial charge >= 0.3 is 0 Å². The molecular formula is C18H22FN5O. The molecule has 1 N–H and O–H groups in total. The van der Waals surface area contributed by atoms with Gasteiger partial charge in [-0.2, -0.15) is 4.98 Å². The zero-order valence-corrected chi connectivity index (χ0v) is 14.5. The third-order valence-electron chi connectivity index (χ3n) is 4.28. The van der Waals surface area contributed by atoms with Crippen molar-refractivity contribution in [2.45, 2.75) is 20.4 Å². The van der Waals surface area contributed by atoms with Crippen molar-refractivity contribution in [2.24, 2.45) is 0 Å². The van der Waals surface area contributed by atoms with E-state index in [1.165, 1.54) is 6.07 Å². The maximum atomic E-state index is 13.7. The molecule has 1 amide bonds. The third kappa shape index (κ3) is 4.23. The average molecular weight is 343 g/mol. The van der Waals surface area contributed by atoms with Crippen LogP contribution in [0.25, 0.3) is 0 Å². The van der Waals surface area contributed by atoms with E-state index in [0.717, 1.165) is 24.6 Å². The Labute approximate surface area is 146 Å². The summed E-state index contributed by atoms with van der Waals surface area (Å²) in [6, 6.07) is 8.57. The molecule has 0 saturated carbocycles. The van der Waals surface area contributed by atoms with Gasteiger partial charge in [-0.25, -0.2) is 9.37 Å². The Morgan fingerprint density at radius 1 is 1.20 bits per heavy atom. The Hall–Kier alpha value is -2.70. The number of aromatic nitrogens is 2. The standard InChI is InChI=1S/C18H22FN5O/c1-13-11-17(24-9-7-23(8-10-24)14(2)25)22-18(21-13)20-12-15-5-3-4-6-16(15)19/h3-6,11H,7-10,12H2,1-2H3,(H,20,21,22). The summed E-state index contributed by atoms with van der Waals surface area (Å²) in [6.45, 7) is 6.69. The van der Waals surface area contributed by atoms with Crippen LogP contribution in [0.5, 0.6) is 0 Å². The molecule has 0 spiro atoms. The lowest BCUT2D eigenvalue weighted by atomic mass is 10.2. The Morgan fingerprint density at radius 2 is 1.92 bits per heavy atom. The molecule has 25 heavy (non-hydrogen) atoms. The smallest absolute Gasteiger partial charge is 0.225 e. The molecule has 0 aliphatic carbocycles. The van der Waals surface area contributed by atoms with Crippen molar-refractivity contribution in [1.29, 1.82) is 0 Å². The van der Waals surface area contributed by atoms with Crippen molar-refractivity contribution in [3.8, 4) is 0 Å². The van der Waals surface area contributed by atoms with E-state index in [-0.39, 0.29) is 11.7 Å². The van der Waals surface area contributed by atoms with Gasteiger partial charge < -0.3 is 15.1 Å². The fourth-order valence-corrected chi connectivity index (χ4v) is 2.86. The highest BCUT2D eigenvalue weighted by Crippen LogP contribution is 2.18. The largest absolute Gasteiger partial charge is 0.353 e. The van der Waals surface area contributed by atoms with Crippen molar-refractivity contribution in [2.75, 3.05) is 36.4 Å². The molecule has 1 aliphatic heterocycles. The number of carbonyl (C=O) groups excluding carboxylic acids is 1. The van der Waals surface area contributed by atoms with Crippen LogP contribution in [0, 0.1) is 12.7 Å². The zero-order chi connectivity index (χ0) is 17.8. The molecule has 1 saturated heterocycles. The normalized spacial score (nSPS) is 14.5. The number of rotatable bonds is 4. The number of aryl methyl sites for hydroxylation is 1. The fraction of sp³-hybridized carbons (Fsp3) is 0.389. The molecule has 2 heterocycles. The van der Waals surface area contributed by atoms with Gasteiger partial charge in [0.25, 0.3) is 0 Å². The number of halogens is 1. The predicted molar refractivity (Wildman–Crippen MR) is 95.0 cm³/mol. The van der Waals surface area contributed by atoms with Gasteiger partial charge in [-0.3, -0.25) is 4.79 Å². The van der Waals surface area contributed by atoms with Gasteiger partial charge in [0, 0.05) is 57.0 Å². The van der Waals surface area contributed by atoms with Crippen molar-refractivity contribution < 1.29 is 9.18 Å². The Kier molecular flexibility index (Phi) is 5.11. The first-order valence-corrected chi connectivity index (χ1v) is 8.36. The molecule has 1 fully saturated rings. The first kappa shape index (κ1) is 17.1. The molecule has 0 radical (unpaired) electrons. The number of amides is 1. The quantitative estimate of drug-likeness (QED) is 0.922. The van der Waals surface area contributed by atoms with Crippen LogP contribution in [0.2, 0.25) is 0 Å². The second-order valence-corrected chi connectivity index (χ2v) is 6.13. The van der Waals surface area contributed by atoms with Crippen molar-refractivity contribution in [1.82, 2.24) is 14.9 Å². The summed E-state index contributed by atoms with van der Waals surface area (Å²) in [6.07, 6.45) is 0. The van der Waals surface area contributed by atoms with E-state index in [2.05, 4.69) is 20.2 Å². The summed E-state index contributed by atoms with van der Waals surface area (Å²) in [5.74, 6) is 1.16. The maximum absolute atomic E-state index is 13.7. The lowest BCUT2D eigenvalue weighted by Gasteiger charge is -2.35. The van der Waals surface area contributed by atoms with Crippen LogP contribution in [-0.4, -0.2) is 47.0 Å². The first-order valence-electron chi connectivity index (χ1n) is 8.36. The molecule has 6 nitrogen and oxygen atoms in total. The number of hydrogen-bond acceptors (Lipinski definition) is 5. The molecule has 0 unspecified atom stereocenters. The predicted octanol–water partition coefficient (Wildman–Crippen LogP) is 2.20. The summed E-state index contributed by atoms with van der Waals surface area (Å²) in [7, 11) is 0. The molecule has 1 aromatic heterocycles. The van der Waals surface area contributed by atoms with Crippen LogP contribution in [-0.2, 0) is 11.3 Å². The molecule has 0 bridgehead atoms. The number of anilines is 2. The summed E-state index contributed by atoms with van der Waals surface area (Å²) in [5, 5.41) is 3.10. The van der Waals surface area contributed by atoms with Gasteiger partial charge in [0.15, 0.2) is 0 Å². The highest BCUT2D eigenvalue weighted by molar-refractivity contribution is 5.73. The number of nitrogens with zero attached hydrogens (tertiary/aromatic N) is 4. The topological polar surface area (TPSA) is 61.4 Å². The Bertz CT molecular complexity index is 759. The second kappa shape index (κ2) is 7.46. The molecule has 3 rings (SSSR count). The van der Waals surface area contributed by atoms with E-state index in [1.807, 2.05) is 17.9 Å². The molecule has 1 aromatic carbocycles. The van der Waals surface area contributed by atoms with Crippen LogP contribution < -0.4 is 10.2 Å². The number of nitrogens with one attached hydrogen (secondary N) is 1. The van der Waals surface area contributed by atoms with Gasteiger partial charge in [-0.1, -0.05) is 18.2 Å². The zero-order valence-electron chi connectivity index (χ0n) is 14.5. The summed E-state index contributed by atoms with van der Waals surface area (Å²) in [5.41, 5.74) is 1.42. The maximum Gasteiger partial charge on any atom is 0.225 e. The number of benzene rings is 1. The van der Waals surface area contributed by atoms with Crippen molar-refractivity contribution in [3.05, 3.63) is 47.4 Å². The fourth-order valence-electron chi connectivity index (χ4n) is 2.86. The van der Waals surface area contributed by atoms with Gasteiger partial charge in [-0.15, -0.1) is 0 Å². The van der Waals surface area contributed by atoms with E-state index in [0.29, 0.717) is 31.1 Å². The van der Waals surface area contributed by atoms with E-state index in [1.54, 1.807) is 25.1 Å². The van der Waals surface area contributed by atoms with Gasteiger partial charge in [0.05, 0.1) is 0 Å². The van der Waals surface area contributed by atoms with E-state index in [9.17, 15) is 9.18 Å². The van der Waals surface area contributed by atoms with Crippen LogP contribution in [0.1, 0.15) is 18.2 Å². The summed E-state index contributed by atoms with van der Waals surface area (Å²) >= 11 is 0. The molecule has 0 atom stereocenters. The van der Waals surface area contributed by atoms with Gasteiger partial charge in [-0.05, 0) is 13.0 Å². The highest BCUT2D eigenvalue weighted by atomic mass is 19.1. The molecule has 1 aliphatic rings. The van der Waals surface area contributed by atoms with Crippen LogP contribution in [0.4, 0.5) is 16.2 Å². The Balaban J connectivity index is 1.69. The third-order valence-corrected chi connectivity index (χ3v) is 4.28. The SMILES string of the molecule is CC(=O)N1CCN(c2cc(C)nc(NCc3ccccc3F)n2)CC1. The minimum absolute atomic E-state index is 0.103.